The third kappa shape index (κ3) is 3.33. The van der Waals surface area contributed by atoms with E-state index >= 15 is 0 Å². The molecule has 0 spiro atoms. The van der Waals surface area contributed by atoms with E-state index in [1.54, 1.807) is 13.2 Å². The number of methoxy groups -OCH3 is 1. The molecule has 0 aliphatic carbocycles. The van der Waals surface area contributed by atoms with E-state index in [0.717, 1.165) is 11.3 Å². The molecule has 0 N–H and O–H groups in total. The number of rotatable bonds is 5. The van der Waals surface area contributed by atoms with Gasteiger partial charge in [-0.25, -0.2) is 8.42 Å². The van der Waals surface area contributed by atoms with Crippen molar-refractivity contribution in [3.05, 3.63) is 14.7 Å². The van der Waals surface area contributed by atoms with E-state index in [0.29, 0.717) is 34.3 Å². The van der Waals surface area contributed by atoms with Crippen molar-refractivity contribution in [1.29, 1.82) is 0 Å². The highest BCUT2D eigenvalue weighted by molar-refractivity contribution is 9.11. The Labute approximate surface area is 130 Å². The van der Waals surface area contributed by atoms with Gasteiger partial charge in [-0.2, -0.15) is 4.31 Å². The van der Waals surface area contributed by atoms with Crippen molar-refractivity contribution in [3.63, 3.8) is 0 Å². The lowest BCUT2D eigenvalue weighted by molar-refractivity contribution is 0.157. The average Bonchev–Trinajstić information content (AvgIpc) is 2.96. The molecule has 1 aliphatic rings. The minimum atomic E-state index is -3.43. The van der Waals surface area contributed by atoms with Gasteiger partial charge in [0.2, 0.25) is 10.0 Å². The summed E-state index contributed by atoms with van der Waals surface area (Å²) in [7, 11) is -1.79. The summed E-state index contributed by atoms with van der Waals surface area (Å²) < 4.78 is 32.4. The molecular formula is C11H15BrClNO3S2. The number of alkyl halides is 1. The molecule has 1 aromatic rings. The summed E-state index contributed by atoms with van der Waals surface area (Å²) in [4.78, 5) is 1.17. The maximum atomic E-state index is 12.6. The zero-order chi connectivity index (χ0) is 14.0. The standard InChI is InChI=1S/C11H15BrClNO3S2/c1-17-7-8-2-3-14(6-8)19(15,16)10-4-9(5-13)18-11(10)12/h4,8H,2-3,5-7H2,1H3. The van der Waals surface area contributed by atoms with Crippen LogP contribution in [0.3, 0.4) is 0 Å². The molecule has 4 nitrogen and oxygen atoms in total. The van der Waals surface area contributed by atoms with Crippen molar-refractivity contribution in [2.24, 2.45) is 5.92 Å². The monoisotopic (exact) mass is 387 g/mol. The van der Waals surface area contributed by atoms with E-state index in [4.69, 9.17) is 16.3 Å². The molecule has 1 aromatic heterocycles. The molecule has 0 saturated carbocycles. The van der Waals surface area contributed by atoms with Crippen LogP contribution in [0.2, 0.25) is 0 Å². The molecule has 1 atom stereocenters. The Kier molecular flexibility index (Phi) is 5.30. The molecule has 1 aliphatic heterocycles. The van der Waals surface area contributed by atoms with Crippen LogP contribution in [0.5, 0.6) is 0 Å². The van der Waals surface area contributed by atoms with Crippen molar-refractivity contribution < 1.29 is 13.2 Å². The van der Waals surface area contributed by atoms with E-state index in [9.17, 15) is 8.42 Å². The van der Waals surface area contributed by atoms with Gasteiger partial charge in [-0.3, -0.25) is 0 Å². The first-order chi connectivity index (χ1) is 8.98. The van der Waals surface area contributed by atoms with Crippen LogP contribution in [0.1, 0.15) is 11.3 Å². The summed E-state index contributed by atoms with van der Waals surface area (Å²) in [5.74, 6) is 0.607. The lowest BCUT2D eigenvalue weighted by atomic mass is 10.1. The first kappa shape index (κ1) is 15.7. The highest BCUT2D eigenvalue weighted by Crippen LogP contribution is 2.35. The third-order valence-electron chi connectivity index (χ3n) is 3.11. The molecule has 2 heterocycles. The Morgan fingerprint density at radius 3 is 2.95 bits per heavy atom. The van der Waals surface area contributed by atoms with Crippen molar-refractivity contribution in [2.45, 2.75) is 17.2 Å². The summed E-state index contributed by atoms with van der Waals surface area (Å²) in [6.07, 6.45) is 0.844. The second kappa shape index (κ2) is 6.41. The van der Waals surface area contributed by atoms with E-state index in [-0.39, 0.29) is 5.92 Å². The molecule has 1 saturated heterocycles. The highest BCUT2D eigenvalue weighted by atomic mass is 79.9. The summed E-state index contributed by atoms with van der Waals surface area (Å²) in [5.41, 5.74) is 0. The number of hydrogen-bond donors (Lipinski definition) is 0. The van der Waals surface area contributed by atoms with Gasteiger partial charge in [0.1, 0.15) is 4.90 Å². The van der Waals surface area contributed by atoms with Crippen LogP contribution >= 0.6 is 38.9 Å². The van der Waals surface area contributed by atoms with Gasteiger partial charge in [-0.1, -0.05) is 0 Å². The Hall–Kier alpha value is 0.340. The minimum absolute atomic E-state index is 0.282. The smallest absolute Gasteiger partial charge is 0.245 e. The van der Waals surface area contributed by atoms with Crippen LogP contribution < -0.4 is 0 Å². The third-order valence-corrected chi connectivity index (χ3v) is 7.67. The predicted molar refractivity (Wildman–Crippen MR) is 80.3 cm³/mol. The van der Waals surface area contributed by atoms with E-state index in [1.165, 1.54) is 15.6 Å². The molecule has 0 bridgehead atoms. The maximum Gasteiger partial charge on any atom is 0.245 e. The van der Waals surface area contributed by atoms with Gasteiger partial charge < -0.3 is 4.74 Å². The van der Waals surface area contributed by atoms with Crippen molar-refractivity contribution >= 4 is 48.9 Å². The number of ether oxygens (including phenoxy) is 1. The predicted octanol–water partition coefficient (Wildman–Crippen LogP) is 2.91. The van der Waals surface area contributed by atoms with E-state index < -0.39 is 10.0 Å². The molecule has 0 amide bonds. The number of halogens is 2. The molecule has 0 aromatic carbocycles. The highest BCUT2D eigenvalue weighted by Gasteiger charge is 2.34. The number of sulfonamides is 1. The van der Waals surface area contributed by atoms with Crippen LogP contribution in [0.15, 0.2) is 14.7 Å². The zero-order valence-electron chi connectivity index (χ0n) is 10.4. The minimum Gasteiger partial charge on any atom is -0.384 e. The quantitative estimate of drug-likeness (QED) is 0.729. The average molecular weight is 389 g/mol. The fourth-order valence-electron chi connectivity index (χ4n) is 2.17. The fourth-order valence-corrected chi connectivity index (χ4v) is 6.42. The normalized spacial score (nSPS) is 21.1. The topological polar surface area (TPSA) is 46.6 Å². The molecule has 2 rings (SSSR count). The SMILES string of the molecule is COCC1CCN(S(=O)(=O)c2cc(CCl)sc2Br)C1. The summed E-state index contributed by atoms with van der Waals surface area (Å²) in [6.45, 7) is 1.67. The molecule has 1 unspecified atom stereocenters. The Bertz CT molecular complexity index is 546. The van der Waals surface area contributed by atoms with Crippen LogP contribution in [-0.2, 0) is 20.6 Å². The fraction of sp³-hybridized carbons (Fsp3) is 0.636. The largest absolute Gasteiger partial charge is 0.384 e. The first-order valence-electron chi connectivity index (χ1n) is 5.82. The van der Waals surface area contributed by atoms with Crippen molar-refractivity contribution in [3.8, 4) is 0 Å². The van der Waals surface area contributed by atoms with Crippen molar-refractivity contribution in [2.75, 3.05) is 26.8 Å². The van der Waals surface area contributed by atoms with E-state index in [2.05, 4.69) is 15.9 Å². The number of thiophene rings is 1. The molecular weight excluding hydrogens is 374 g/mol. The van der Waals surface area contributed by atoms with Crippen LogP contribution in [0.25, 0.3) is 0 Å². The van der Waals surface area contributed by atoms with Gasteiger partial charge in [0.25, 0.3) is 0 Å². The summed E-state index contributed by atoms with van der Waals surface area (Å²) >= 11 is 10.4. The van der Waals surface area contributed by atoms with Crippen LogP contribution in [0, 0.1) is 5.92 Å². The number of hydrogen-bond acceptors (Lipinski definition) is 4. The van der Waals surface area contributed by atoms with Gasteiger partial charge in [-0.05, 0) is 34.3 Å². The summed E-state index contributed by atoms with van der Waals surface area (Å²) in [6, 6.07) is 1.65. The van der Waals surface area contributed by atoms with Gasteiger partial charge in [0.15, 0.2) is 0 Å². The molecule has 0 radical (unpaired) electrons. The van der Waals surface area contributed by atoms with Gasteiger partial charge in [0.05, 0.1) is 16.3 Å². The Morgan fingerprint density at radius 2 is 2.37 bits per heavy atom. The molecule has 1 fully saturated rings. The maximum absolute atomic E-state index is 12.6. The Balaban J connectivity index is 2.21. The first-order valence-corrected chi connectivity index (χ1v) is 9.40. The zero-order valence-corrected chi connectivity index (χ0v) is 14.4. The molecule has 108 valence electrons. The van der Waals surface area contributed by atoms with Crippen molar-refractivity contribution in [1.82, 2.24) is 4.31 Å². The van der Waals surface area contributed by atoms with Gasteiger partial charge in [0, 0.05) is 25.1 Å². The van der Waals surface area contributed by atoms with E-state index in [1.807, 2.05) is 0 Å². The molecule has 19 heavy (non-hydrogen) atoms. The Morgan fingerprint density at radius 1 is 1.63 bits per heavy atom. The second-order valence-electron chi connectivity index (χ2n) is 4.46. The lowest BCUT2D eigenvalue weighted by Crippen LogP contribution is -2.29. The molecule has 8 heteroatoms. The number of nitrogens with zero attached hydrogens (tertiary/aromatic N) is 1. The second-order valence-corrected chi connectivity index (χ2v) is 9.09. The summed E-state index contributed by atoms with van der Waals surface area (Å²) in [5, 5.41) is 0. The van der Waals surface area contributed by atoms with Crippen LogP contribution in [0.4, 0.5) is 0 Å². The van der Waals surface area contributed by atoms with Gasteiger partial charge >= 0.3 is 0 Å². The lowest BCUT2D eigenvalue weighted by Gasteiger charge is -2.16. The van der Waals surface area contributed by atoms with Crippen LogP contribution in [-0.4, -0.2) is 39.5 Å². The van der Waals surface area contributed by atoms with Gasteiger partial charge in [-0.15, -0.1) is 22.9 Å².